The number of ketones is 1. The Morgan fingerprint density at radius 2 is 1.10 bits per heavy atom. The summed E-state index contributed by atoms with van der Waals surface area (Å²) in [4.78, 5) is 14.0. The Hall–Kier alpha value is -6.41. The van der Waals surface area contributed by atoms with Crippen molar-refractivity contribution < 1.29 is 39.8 Å². The van der Waals surface area contributed by atoms with E-state index in [0.29, 0.717) is 29.5 Å². The molecule has 1 aliphatic heterocycles. The van der Waals surface area contributed by atoms with E-state index in [1.54, 1.807) is 54.6 Å². The van der Waals surface area contributed by atoms with Gasteiger partial charge in [0.2, 0.25) is 0 Å². The molecule has 0 fully saturated rings. The molecule has 0 amide bonds. The van der Waals surface area contributed by atoms with Crippen molar-refractivity contribution in [2.24, 2.45) is 0 Å². The molecule has 0 aliphatic carbocycles. The first-order valence-electron chi connectivity index (χ1n) is 17.0. The standard InChI is InChI=1S/C44H38O8/c1-51-43-33(23-31-21-26(15-17-37(31)47)19-29-11-5-7-13-35(29)45)42(50)41-39(49)25-40(28-9-3-2-4-10-28)52-44(41)34(43)24-32-22-27(16-18-38(32)48)20-30-12-6-8-14-36(30)46/h2-18,21-22,40,45-48,50H,19-20,23-25H2,1H3. The van der Waals surface area contributed by atoms with Gasteiger partial charge in [0.1, 0.15) is 51.9 Å². The van der Waals surface area contributed by atoms with Crippen molar-refractivity contribution in [3.8, 4) is 40.2 Å². The highest BCUT2D eigenvalue weighted by Gasteiger charge is 2.36. The molecule has 0 radical (unpaired) electrons. The molecular weight excluding hydrogens is 656 g/mol. The van der Waals surface area contributed by atoms with Gasteiger partial charge in [0.05, 0.1) is 13.5 Å². The highest BCUT2D eigenvalue weighted by atomic mass is 16.5. The summed E-state index contributed by atoms with van der Waals surface area (Å²) in [5, 5.41) is 54.8. The van der Waals surface area contributed by atoms with Gasteiger partial charge < -0.3 is 35.0 Å². The molecule has 1 atom stereocenters. The third-order valence-corrected chi connectivity index (χ3v) is 9.65. The zero-order valence-electron chi connectivity index (χ0n) is 28.5. The fourth-order valence-corrected chi connectivity index (χ4v) is 6.99. The molecule has 0 aromatic heterocycles. The van der Waals surface area contributed by atoms with E-state index in [0.717, 1.165) is 27.8 Å². The maximum absolute atomic E-state index is 14.0. The first kappa shape index (κ1) is 34.1. The number of methoxy groups -OCH3 is 1. The molecule has 262 valence electrons. The van der Waals surface area contributed by atoms with Crippen molar-refractivity contribution in [1.82, 2.24) is 0 Å². The Kier molecular flexibility index (Phi) is 9.46. The fourth-order valence-electron chi connectivity index (χ4n) is 6.99. The normalized spacial score (nSPS) is 13.7. The van der Waals surface area contributed by atoms with Crippen molar-refractivity contribution >= 4 is 5.78 Å². The second-order valence-corrected chi connectivity index (χ2v) is 13.1. The van der Waals surface area contributed by atoms with Gasteiger partial charge in [-0.05, 0) is 63.2 Å². The number of aromatic hydroxyl groups is 5. The Labute approximate surface area is 301 Å². The molecule has 0 spiro atoms. The van der Waals surface area contributed by atoms with Crippen LogP contribution in [0.25, 0.3) is 0 Å². The van der Waals surface area contributed by atoms with Gasteiger partial charge in [-0.3, -0.25) is 4.79 Å². The lowest BCUT2D eigenvalue weighted by molar-refractivity contribution is 0.0841. The summed E-state index contributed by atoms with van der Waals surface area (Å²) >= 11 is 0. The summed E-state index contributed by atoms with van der Waals surface area (Å²) < 4.78 is 12.6. The molecule has 0 saturated carbocycles. The summed E-state index contributed by atoms with van der Waals surface area (Å²) in [6, 6.07) is 33.9. The maximum Gasteiger partial charge on any atom is 0.174 e. The number of carbonyl (C=O) groups excluding carboxylic acids is 1. The topological polar surface area (TPSA) is 137 Å². The minimum atomic E-state index is -0.619. The zero-order chi connectivity index (χ0) is 36.4. The predicted molar refractivity (Wildman–Crippen MR) is 197 cm³/mol. The number of fused-ring (bicyclic) bond motifs is 1. The summed E-state index contributed by atoms with van der Waals surface area (Å²) in [5.74, 6) is 0.160. The molecule has 6 aromatic carbocycles. The molecule has 1 aliphatic rings. The SMILES string of the molecule is COc1c(Cc2cc(Cc3ccccc3O)ccc2O)c(O)c2c(c1Cc1cc(Cc3ccccc3O)ccc1O)OC(c1ccccc1)CC2=O. The lowest BCUT2D eigenvalue weighted by atomic mass is 9.86. The second-order valence-electron chi connectivity index (χ2n) is 13.1. The van der Waals surface area contributed by atoms with E-state index in [1.165, 1.54) is 7.11 Å². The minimum absolute atomic E-state index is 0.00160. The maximum atomic E-state index is 14.0. The highest BCUT2D eigenvalue weighted by Crippen LogP contribution is 2.50. The number of hydrogen-bond donors (Lipinski definition) is 5. The van der Waals surface area contributed by atoms with E-state index in [1.807, 2.05) is 60.7 Å². The molecule has 0 bridgehead atoms. The van der Waals surface area contributed by atoms with Crippen LogP contribution in [0, 0.1) is 0 Å². The van der Waals surface area contributed by atoms with Gasteiger partial charge in [0.15, 0.2) is 5.78 Å². The average molecular weight is 695 g/mol. The Bertz CT molecular complexity index is 2280. The molecule has 6 aromatic rings. The van der Waals surface area contributed by atoms with Crippen molar-refractivity contribution in [3.63, 3.8) is 0 Å². The lowest BCUT2D eigenvalue weighted by Crippen LogP contribution is -2.23. The summed E-state index contributed by atoms with van der Waals surface area (Å²) in [6.45, 7) is 0. The van der Waals surface area contributed by atoms with Crippen molar-refractivity contribution in [2.75, 3.05) is 7.11 Å². The third-order valence-electron chi connectivity index (χ3n) is 9.65. The number of hydrogen-bond acceptors (Lipinski definition) is 8. The van der Waals surface area contributed by atoms with Crippen LogP contribution >= 0.6 is 0 Å². The third kappa shape index (κ3) is 6.83. The number of benzene rings is 6. The van der Waals surface area contributed by atoms with Gasteiger partial charge in [-0.1, -0.05) is 91.0 Å². The van der Waals surface area contributed by atoms with E-state index >= 15 is 0 Å². The number of ether oxygens (including phenoxy) is 2. The number of para-hydroxylation sites is 2. The van der Waals surface area contributed by atoms with E-state index in [-0.39, 0.29) is 76.4 Å². The van der Waals surface area contributed by atoms with Crippen LogP contribution in [0.3, 0.4) is 0 Å². The van der Waals surface area contributed by atoms with Crippen LogP contribution < -0.4 is 9.47 Å². The molecule has 7 rings (SSSR count). The Morgan fingerprint density at radius 1 is 0.596 bits per heavy atom. The minimum Gasteiger partial charge on any atom is -0.508 e. The van der Waals surface area contributed by atoms with E-state index < -0.39 is 6.10 Å². The number of phenolic OH excluding ortho intramolecular Hbond substituents is 5. The van der Waals surface area contributed by atoms with Gasteiger partial charge >= 0.3 is 0 Å². The number of carbonyl (C=O) groups is 1. The van der Waals surface area contributed by atoms with Crippen LogP contribution in [0.5, 0.6) is 40.2 Å². The molecule has 52 heavy (non-hydrogen) atoms. The zero-order valence-corrected chi connectivity index (χ0v) is 28.5. The molecule has 8 nitrogen and oxygen atoms in total. The predicted octanol–water partition coefficient (Wildman–Crippen LogP) is 8.29. The number of rotatable bonds is 10. The van der Waals surface area contributed by atoms with Crippen molar-refractivity contribution in [2.45, 2.75) is 38.2 Å². The summed E-state index contributed by atoms with van der Waals surface area (Å²) in [5.41, 5.74) is 5.67. The molecular formula is C44H38O8. The van der Waals surface area contributed by atoms with Crippen LogP contribution in [-0.4, -0.2) is 38.4 Å². The molecule has 5 N–H and O–H groups in total. The second kappa shape index (κ2) is 14.4. The largest absolute Gasteiger partial charge is 0.508 e. The van der Waals surface area contributed by atoms with Crippen LogP contribution in [0.15, 0.2) is 115 Å². The highest BCUT2D eigenvalue weighted by molar-refractivity contribution is 6.04. The molecule has 1 heterocycles. The van der Waals surface area contributed by atoms with Crippen molar-refractivity contribution in [1.29, 1.82) is 0 Å². The fraction of sp³-hybridized carbons (Fsp3) is 0.159. The lowest BCUT2D eigenvalue weighted by Gasteiger charge is -2.30. The van der Waals surface area contributed by atoms with Crippen LogP contribution in [-0.2, 0) is 25.7 Å². The Balaban J connectivity index is 1.34. The summed E-state index contributed by atoms with van der Waals surface area (Å²) in [6.07, 6.45) is 0.279. The van der Waals surface area contributed by atoms with Gasteiger partial charge in [-0.15, -0.1) is 0 Å². The van der Waals surface area contributed by atoms with E-state index in [4.69, 9.17) is 9.47 Å². The first-order valence-corrected chi connectivity index (χ1v) is 17.0. The van der Waals surface area contributed by atoms with Crippen molar-refractivity contribution in [3.05, 3.63) is 171 Å². The number of phenols is 5. The van der Waals surface area contributed by atoms with Crippen LogP contribution in [0.4, 0.5) is 0 Å². The molecule has 0 saturated heterocycles. The molecule has 8 heteroatoms. The monoisotopic (exact) mass is 694 g/mol. The first-order chi connectivity index (χ1) is 25.2. The summed E-state index contributed by atoms with van der Waals surface area (Å²) in [7, 11) is 1.47. The van der Waals surface area contributed by atoms with E-state index in [2.05, 4.69) is 0 Å². The van der Waals surface area contributed by atoms with Gasteiger partial charge in [0.25, 0.3) is 0 Å². The van der Waals surface area contributed by atoms with Gasteiger partial charge in [-0.2, -0.15) is 0 Å². The molecule has 1 unspecified atom stereocenters. The van der Waals surface area contributed by atoms with Gasteiger partial charge in [-0.25, -0.2) is 0 Å². The number of Topliss-reactive ketones (excluding diaryl/α,β-unsaturated/α-hetero) is 1. The van der Waals surface area contributed by atoms with Gasteiger partial charge in [0, 0.05) is 36.8 Å². The Morgan fingerprint density at radius 3 is 1.63 bits per heavy atom. The van der Waals surface area contributed by atoms with Crippen LogP contribution in [0.1, 0.15) is 73.0 Å². The van der Waals surface area contributed by atoms with E-state index in [9.17, 15) is 30.3 Å². The smallest absolute Gasteiger partial charge is 0.174 e. The average Bonchev–Trinajstić information content (AvgIpc) is 3.14. The quantitative estimate of drug-likeness (QED) is 0.0967. The van der Waals surface area contributed by atoms with Crippen LogP contribution in [0.2, 0.25) is 0 Å².